The molecular weight excluding hydrogens is 198 g/mol. The van der Waals surface area contributed by atoms with E-state index in [0.29, 0.717) is 0 Å². The van der Waals surface area contributed by atoms with Crippen LogP contribution in [-0.4, -0.2) is 19.7 Å². The number of hydrogen-bond donors (Lipinski definition) is 1. The fourth-order valence-corrected chi connectivity index (χ4v) is 2.27. The van der Waals surface area contributed by atoms with Crippen LogP contribution in [0.3, 0.4) is 0 Å². The summed E-state index contributed by atoms with van der Waals surface area (Å²) in [7, 11) is 0. The zero-order chi connectivity index (χ0) is 11.5. The van der Waals surface area contributed by atoms with Crippen molar-refractivity contribution in [2.75, 3.05) is 19.7 Å². The Balaban J connectivity index is 2.33. The summed E-state index contributed by atoms with van der Waals surface area (Å²) in [6, 6.07) is 4.59. The Kier molecular flexibility index (Phi) is 3.62. The van der Waals surface area contributed by atoms with E-state index in [9.17, 15) is 0 Å². The maximum absolute atomic E-state index is 5.84. The molecule has 1 atom stereocenters. The van der Waals surface area contributed by atoms with Gasteiger partial charge in [-0.05, 0) is 42.5 Å². The van der Waals surface area contributed by atoms with Gasteiger partial charge in [-0.3, -0.25) is 0 Å². The van der Waals surface area contributed by atoms with E-state index in [1.54, 1.807) is 0 Å². The van der Waals surface area contributed by atoms with Crippen LogP contribution in [0.4, 0.5) is 0 Å². The van der Waals surface area contributed by atoms with Crippen LogP contribution < -0.4 is 5.32 Å². The fourth-order valence-electron chi connectivity index (χ4n) is 2.27. The minimum Gasteiger partial charge on any atom is -0.371 e. The van der Waals surface area contributed by atoms with E-state index in [-0.39, 0.29) is 6.10 Å². The second-order valence-electron chi connectivity index (χ2n) is 4.54. The summed E-state index contributed by atoms with van der Waals surface area (Å²) < 4.78 is 5.84. The molecule has 2 rings (SSSR count). The number of benzene rings is 1. The number of ether oxygens (including phenoxy) is 1. The molecule has 0 bridgehead atoms. The predicted octanol–water partition coefficient (Wildman–Crippen LogP) is 2.53. The van der Waals surface area contributed by atoms with Crippen molar-refractivity contribution in [3.8, 4) is 0 Å². The third kappa shape index (κ3) is 2.28. The standard InChI is InChI=1S/C14H21NO/c1-4-12-7-10(2)11(3)13(8-12)14-9-15-5-6-16-14/h7-8,14-15H,4-6,9H2,1-3H3. The largest absolute Gasteiger partial charge is 0.371 e. The van der Waals surface area contributed by atoms with E-state index < -0.39 is 0 Å². The second kappa shape index (κ2) is 4.98. The highest BCUT2D eigenvalue weighted by molar-refractivity contribution is 5.39. The summed E-state index contributed by atoms with van der Waals surface area (Å²) in [4.78, 5) is 0. The van der Waals surface area contributed by atoms with Crippen LogP contribution in [0.2, 0.25) is 0 Å². The van der Waals surface area contributed by atoms with Gasteiger partial charge in [-0.25, -0.2) is 0 Å². The summed E-state index contributed by atoms with van der Waals surface area (Å²) in [6.45, 7) is 9.32. The third-order valence-electron chi connectivity index (χ3n) is 3.45. The van der Waals surface area contributed by atoms with Gasteiger partial charge in [-0.15, -0.1) is 0 Å². The van der Waals surface area contributed by atoms with Crippen LogP contribution in [0, 0.1) is 13.8 Å². The molecule has 88 valence electrons. The fraction of sp³-hybridized carbons (Fsp3) is 0.571. The highest BCUT2D eigenvalue weighted by Crippen LogP contribution is 2.26. The molecule has 1 fully saturated rings. The van der Waals surface area contributed by atoms with Crippen molar-refractivity contribution < 1.29 is 4.74 Å². The molecule has 0 amide bonds. The normalized spacial score (nSPS) is 21.1. The van der Waals surface area contributed by atoms with E-state index in [1.807, 2.05) is 0 Å². The van der Waals surface area contributed by atoms with Crippen LogP contribution in [0.1, 0.15) is 35.3 Å². The first-order chi connectivity index (χ1) is 7.72. The van der Waals surface area contributed by atoms with Crippen LogP contribution >= 0.6 is 0 Å². The molecule has 1 unspecified atom stereocenters. The zero-order valence-corrected chi connectivity index (χ0v) is 10.5. The maximum Gasteiger partial charge on any atom is 0.0952 e. The monoisotopic (exact) mass is 219 g/mol. The minimum atomic E-state index is 0.235. The molecule has 0 spiro atoms. The van der Waals surface area contributed by atoms with Crippen molar-refractivity contribution in [1.82, 2.24) is 5.32 Å². The quantitative estimate of drug-likeness (QED) is 0.825. The molecule has 1 aromatic carbocycles. The molecule has 0 radical (unpaired) electrons. The molecule has 1 aliphatic rings. The lowest BCUT2D eigenvalue weighted by atomic mass is 9.94. The lowest BCUT2D eigenvalue weighted by Crippen LogP contribution is -2.33. The van der Waals surface area contributed by atoms with E-state index >= 15 is 0 Å². The Bertz CT molecular complexity index is 367. The van der Waals surface area contributed by atoms with Crippen molar-refractivity contribution in [2.45, 2.75) is 33.3 Å². The lowest BCUT2D eigenvalue weighted by Gasteiger charge is -2.26. The SMILES string of the molecule is CCc1cc(C)c(C)c(C2CNCCO2)c1. The Morgan fingerprint density at radius 1 is 1.38 bits per heavy atom. The predicted molar refractivity (Wildman–Crippen MR) is 66.9 cm³/mol. The summed E-state index contributed by atoms with van der Waals surface area (Å²) in [5, 5.41) is 3.39. The first-order valence-corrected chi connectivity index (χ1v) is 6.14. The molecule has 2 nitrogen and oxygen atoms in total. The highest BCUT2D eigenvalue weighted by atomic mass is 16.5. The number of hydrogen-bond acceptors (Lipinski definition) is 2. The van der Waals surface area contributed by atoms with Crippen molar-refractivity contribution in [1.29, 1.82) is 0 Å². The van der Waals surface area contributed by atoms with E-state index in [4.69, 9.17) is 4.74 Å². The molecule has 0 saturated carbocycles. The highest BCUT2D eigenvalue weighted by Gasteiger charge is 2.18. The van der Waals surface area contributed by atoms with Gasteiger partial charge in [0.1, 0.15) is 0 Å². The van der Waals surface area contributed by atoms with Crippen molar-refractivity contribution in [3.63, 3.8) is 0 Å². The molecule has 1 aliphatic heterocycles. The molecule has 1 heterocycles. The molecule has 1 N–H and O–H groups in total. The smallest absolute Gasteiger partial charge is 0.0952 e. The Morgan fingerprint density at radius 2 is 2.19 bits per heavy atom. The minimum absolute atomic E-state index is 0.235. The second-order valence-corrected chi connectivity index (χ2v) is 4.54. The van der Waals surface area contributed by atoms with Gasteiger partial charge in [0.15, 0.2) is 0 Å². The van der Waals surface area contributed by atoms with Crippen LogP contribution in [-0.2, 0) is 11.2 Å². The summed E-state index contributed by atoms with van der Waals surface area (Å²) >= 11 is 0. The van der Waals surface area contributed by atoms with Crippen LogP contribution in [0.5, 0.6) is 0 Å². The third-order valence-corrected chi connectivity index (χ3v) is 3.45. The number of morpholine rings is 1. The van der Waals surface area contributed by atoms with E-state index in [1.165, 1.54) is 22.3 Å². The maximum atomic E-state index is 5.84. The topological polar surface area (TPSA) is 21.3 Å². The average molecular weight is 219 g/mol. The van der Waals surface area contributed by atoms with E-state index in [0.717, 1.165) is 26.1 Å². The van der Waals surface area contributed by atoms with Crippen LogP contribution in [0.25, 0.3) is 0 Å². The van der Waals surface area contributed by atoms with Gasteiger partial charge in [-0.1, -0.05) is 19.1 Å². The summed E-state index contributed by atoms with van der Waals surface area (Å²) in [6.07, 6.45) is 1.33. The summed E-state index contributed by atoms with van der Waals surface area (Å²) in [5.41, 5.74) is 5.53. The Labute approximate surface area is 98.0 Å². The first-order valence-electron chi connectivity index (χ1n) is 6.14. The van der Waals surface area contributed by atoms with Gasteiger partial charge in [-0.2, -0.15) is 0 Å². The van der Waals surface area contributed by atoms with Gasteiger partial charge < -0.3 is 10.1 Å². The molecular formula is C14H21NO. The first kappa shape index (κ1) is 11.6. The van der Waals surface area contributed by atoms with Crippen molar-refractivity contribution >= 4 is 0 Å². The van der Waals surface area contributed by atoms with Gasteiger partial charge in [0.25, 0.3) is 0 Å². The van der Waals surface area contributed by atoms with Gasteiger partial charge in [0, 0.05) is 13.1 Å². The number of nitrogens with one attached hydrogen (secondary N) is 1. The molecule has 16 heavy (non-hydrogen) atoms. The van der Waals surface area contributed by atoms with E-state index in [2.05, 4.69) is 38.2 Å². The Morgan fingerprint density at radius 3 is 2.81 bits per heavy atom. The molecule has 1 aromatic rings. The van der Waals surface area contributed by atoms with Gasteiger partial charge in [0.05, 0.1) is 12.7 Å². The zero-order valence-electron chi connectivity index (χ0n) is 10.5. The Hall–Kier alpha value is -0.860. The average Bonchev–Trinajstić information content (AvgIpc) is 2.33. The molecule has 2 heteroatoms. The van der Waals surface area contributed by atoms with Crippen LogP contribution in [0.15, 0.2) is 12.1 Å². The molecule has 0 aromatic heterocycles. The van der Waals surface area contributed by atoms with Gasteiger partial charge >= 0.3 is 0 Å². The number of rotatable bonds is 2. The molecule has 0 aliphatic carbocycles. The van der Waals surface area contributed by atoms with Crippen molar-refractivity contribution in [3.05, 3.63) is 34.4 Å². The molecule has 1 saturated heterocycles. The summed E-state index contributed by atoms with van der Waals surface area (Å²) in [5.74, 6) is 0. The van der Waals surface area contributed by atoms with Gasteiger partial charge in [0.2, 0.25) is 0 Å². The van der Waals surface area contributed by atoms with Crippen molar-refractivity contribution in [2.24, 2.45) is 0 Å². The lowest BCUT2D eigenvalue weighted by molar-refractivity contribution is 0.0272. The number of aryl methyl sites for hydroxylation is 2.